The van der Waals surface area contributed by atoms with E-state index in [4.69, 9.17) is 9.47 Å². The topological polar surface area (TPSA) is 88.3 Å². The van der Waals surface area contributed by atoms with Crippen LogP contribution in [0.4, 0.5) is 0 Å². The molecule has 0 aliphatic carbocycles. The van der Waals surface area contributed by atoms with Crippen molar-refractivity contribution in [3.05, 3.63) is 40.7 Å². The van der Waals surface area contributed by atoms with Gasteiger partial charge in [0.25, 0.3) is 5.91 Å². The van der Waals surface area contributed by atoms with Gasteiger partial charge in [-0.05, 0) is 17.7 Å². The molecular weight excluding hydrogens is 308 g/mol. The summed E-state index contributed by atoms with van der Waals surface area (Å²) in [5, 5.41) is 13.3. The third kappa shape index (κ3) is 2.94. The Bertz CT molecular complexity index is 756. The first-order chi connectivity index (χ1) is 11.8. The Morgan fingerprint density at radius 2 is 2.12 bits per heavy atom. The second kappa shape index (κ2) is 6.52. The summed E-state index contributed by atoms with van der Waals surface area (Å²) in [5.74, 6) is 1.33. The highest BCUT2D eigenvalue weighted by molar-refractivity contribution is 5.94. The first kappa shape index (κ1) is 15.0. The smallest absolute Gasteiger partial charge is 0.272 e. The Hall–Kier alpha value is -2.54. The van der Waals surface area contributed by atoms with Gasteiger partial charge in [-0.1, -0.05) is 6.07 Å². The zero-order chi connectivity index (χ0) is 16.4. The first-order valence-corrected chi connectivity index (χ1v) is 8.25. The molecule has 1 aromatic heterocycles. The maximum Gasteiger partial charge on any atom is 0.272 e. The van der Waals surface area contributed by atoms with Gasteiger partial charge in [0.15, 0.2) is 17.2 Å². The Morgan fingerprint density at radius 1 is 1.25 bits per heavy atom. The lowest BCUT2D eigenvalue weighted by Gasteiger charge is -2.13. The molecule has 0 fully saturated rings. The molecule has 3 heterocycles. The molecule has 7 nitrogen and oxygen atoms in total. The number of aromatic amines is 1. The maximum atomic E-state index is 12.4. The Morgan fingerprint density at radius 3 is 3.04 bits per heavy atom. The molecule has 0 radical (unpaired) electrons. The number of aromatic nitrogens is 2. The van der Waals surface area contributed by atoms with Crippen LogP contribution in [0.5, 0.6) is 11.5 Å². The summed E-state index contributed by atoms with van der Waals surface area (Å²) in [4.78, 5) is 12.4. The van der Waals surface area contributed by atoms with Crippen LogP contribution in [-0.2, 0) is 19.5 Å². The van der Waals surface area contributed by atoms with Crippen LogP contribution in [0, 0.1) is 0 Å². The highest BCUT2D eigenvalue weighted by atomic mass is 16.5. The molecule has 3 N–H and O–H groups in total. The van der Waals surface area contributed by atoms with E-state index in [2.05, 4.69) is 20.8 Å². The van der Waals surface area contributed by atoms with Crippen LogP contribution in [0.25, 0.3) is 0 Å². The monoisotopic (exact) mass is 328 g/mol. The Labute approximate surface area is 139 Å². The van der Waals surface area contributed by atoms with Crippen molar-refractivity contribution in [1.29, 1.82) is 0 Å². The van der Waals surface area contributed by atoms with Crippen molar-refractivity contribution in [3.8, 4) is 11.5 Å². The van der Waals surface area contributed by atoms with E-state index in [-0.39, 0.29) is 5.91 Å². The van der Waals surface area contributed by atoms with Gasteiger partial charge in [-0.3, -0.25) is 9.89 Å². The summed E-state index contributed by atoms with van der Waals surface area (Å²) in [5.41, 5.74) is 3.47. The molecule has 0 saturated heterocycles. The lowest BCUT2D eigenvalue weighted by Crippen LogP contribution is -2.28. The zero-order valence-corrected chi connectivity index (χ0v) is 13.4. The molecule has 4 rings (SSSR count). The minimum Gasteiger partial charge on any atom is -0.490 e. The molecule has 7 heteroatoms. The van der Waals surface area contributed by atoms with Gasteiger partial charge in [-0.2, -0.15) is 5.10 Å². The second-order valence-corrected chi connectivity index (χ2v) is 5.97. The van der Waals surface area contributed by atoms with E-state index in [1.807, 2.05) is 18.2 Å². The first-order valence-electron chi connectivity index (χ1n) is 8.25. The number of H-pyrrole nitrogens is 1. The molecule has 1 amide bonds. The molecule has 0 unspecified atom stereocenters. The number of hydrogen-bond acceptors (Lipinski definition) is 5. The van der Waals surface area contributed by atoms with Gasteiger partial charge in [0.1, 0.15) is 0 Å². The van der Waals surface area contributed by atoms with Crippen LogP contribution in [0.15, 0.2) is 18.2 Å². The van der Waals surface area contributed by atoms with E-state index in [1.165, 1.54) is 0 Å². The van der Waals surface area contributed by atoms with E-state index in [1.54, 1.807) is 0 Å². The van der Waals surface area contributed by atoms with Crippen molar-refractivity contribution >= 4 is 5.91 Å². The van der Waals surface area contributed by atoms with Crippen molar-refractivity contribution in [2.75, 3.05) is 19.8 Å². The van der Waals surface area contributed by atoms with E-state index in [0.717, 1.165) is 47.7 Å². The molecule has 1 aromatic carbocycles. The molecule has 0 saturated carbocycles. The standard InChI is InChI=1S/C17H20N4O3/c22-17(16-12-10-18-5-4-13(12)20-21-16)19-9-11-2-3-14-15(8-11)24-7-1-6-23-14/h2-3,8,18H,1,4-7,9-10H2,(H,19,22)(H,20,21). The quantitative estimate of drug-likeness (QED) is 0.786. The van der Waals surface area contributed by atoms with Crippen LogP contribution in [0.1, 0.15) is 33.7 Å². The number of hydrogen-bond donors (Lipinski definition) is 3. The molecule has 24 heavy (non-hydrogen) atoms. The van der Waals surface area contributed by atoms with Gasteiger partial charge in [-0.15, -0.1) is 0 Å². The third-order valence-electron chi connectivity index (χ3n) is 4.29. The molecular formula is C17H20N4O3. The average Bonchev–Trinajstić information content (AvgIpc) is 2.91. The Balaban J connectivity index is 1.44. The fraction of sp³-hybridized carbons (Fsp3) is 0.412. The number of rotatable bonds is 3. The summed E-state index contributed by atoms with van der Waals surface area (Å²) < 4.78 is 11.3. The number of fused-ring (bicyclic) bond motifs is 2. The third-order valence-corrected chi connectivity index (χ3v) is 4.29. The molecule has 2 aliphatic heterocycles. The van der Waals surface area contributed by atoms with Crippen molar-refractivity contribution in [3.63, 3.8) is 0 Å². The van der Waals surface area contributed by atoms with Crippen LogP contribution in [0.3, 0.4) is 0 Å². The van der Waals surface area contributed by atoms with E-state index in [9.17, 15) is 4.79 Å². The number of carbonyl (C=O) groups excluding carboxylic acids is 1. The van der Waals surface area contributed by atoms with Crippen LogP contribution < -0.4 is 20.1 Å². The highest BCUT2D eigenvalue weighted by Gasteiger charge is 2.21. The average molecular weight is 328 g/mol. The number of nitrogens with one attached hydrogen (secondary N) is 3. The van der Waals surface area contributed by atoms with Crippen molar-refractivity contribution in [2.24, 2.45) is 0 Å². The number of carbonyl (C=O) groups is 1. The molecule has 0 atom stereocenters. The van der Waals surface area contributed by atoms with Crippen LogP contribution >= 0.6 is 0 Å². The summed E-state index contributed by atoms with van der Waals surface area (Å²) >= 11 is 0. The minimum atomic E-state index is -0.164. The normalized spacial score (nSPS) is 16.2. The van der Waals surface area contributed by atoms with E-state index in [0.29, 0.717) is 32.0 Å². The molecule has 0 bridgehead atoms. The lowest BCUT2D eigenvalue weighted by atomic mass is 10.1. The lowest BCUT2D eigenvalue weighted by molar-refractivity contribution is 0.0944. The van der Waals surface area contributed by atoms with Crippen molar-refractivity contribution < 1.29 is 14.3 Å². The highest BCUT2D eigenvalue weighted by Crippen LogP contribution is 2.30. The van der Waals surface area contributed by atoms with Crippen LogP contribution in [0.2, 0.25) is 0 Å². The van der Waals surface area contributed by atoms with Crippen molar-refractivity contribution in [2.45, 2.75) is 25.9 Å². The summed E-state index contributed by atoms with van der Waals surface area (Å²) in [6.45, 7) is 3.33. The summed E-state index contributed by atoms with van der Waals surface area (Å²) in [6, 6.07) is 5.75. The van der Waals surface area contributed by atoms with Crippen molar-refractivity contribution in [1.82, 2.24) is 20.8 Å². The molecule has 2 aliphatic rings. The van der Waals surface area contributed by atoms with Gasteiger partial charge >= 0.3 is 0 Å². The van der Waals surface area contributed by atoms with Gasteiger partial charge in [0, 0.05) is 43.7 Å². The molecule has 2 aromatic rings. The van der Waals surface area contributed by atoms with E-state index >= 15 is 0 Å². The van der Waals surface area contributed by atoms with Crippen LogP contribution in [-0.4, -0.2) is 35.9 Å². The maximum absolute atomic E-state index is 12.4. The fourth-order valence-corrected chi connectivity index (χ4v) is 3.00. The minimum absolute atomic E-state index is 0.164. The molecule has 126 valence electrons. The number of nitrogens with zero attached hydrogens (tertiary/aromatic N) is 1. The fourth-order valence-electron chi connectivity index (χ4n) is 3.00. The second-order valence-electron chi connectivity index (χ2n) is 5.97. The molecule has 0 spiro atoms. The van der Waals surface area contributed by atoms with Gasteiger partial charge in [0.2, 0.25) is 0 Å². The van der Waals surface area contributed by atoms with Gasteiger partial charge in [0.05, 0.1) is 13.2 Å². The van der Waals surface area contributed by atoms with E-state index < -0.39 is 0 Å². The summed E-state index contributed by atoms with van der Waals surface area (Å²) in [6.07, 6.45) is 1.75. The SMILES string of the molecule is O=C(NCc1ccc2c(c1)OCCCO2)c1n[nH]c2c1CNCC2. The predicted molar refractivity (Wildman–Crippen MR) is 87.2 cm³/mol. The Kier molecular flexibility index (Phi) is 4.08. The largest absolute Gasteiger partial charge is 0.490 e. The van der Waals surface area contributed by atoms with Gasteiger partial charge < -0.3 is 20.1 Å². The number of benzene rings is 1. The summed E-state index contributed by atoms with van der Waals surface area (Å²) in [7, 11) is 0. The number of amides is 1. The van der Waals surface area contributed by atoms with Gasteiger partial charge in [-0.25, -0.2) is 0 Å². The number of ether oxygens (including phenoxy) is 2. The predicted octanol–water partition coefficient (Wildman–Crippen LogP) is 1.15. The zero-order valence-electron chi connectivity index (χ0n) is 13.4.